The Labute approximate surface area is 217 Å². The van der Waals surface area contributed by atoms with Crippen LogP contribution in [0.2, 0.25) is 0 Å². The quantitative estimate of drug-likeness (QED) is 0.170. The molecule has 0 spiro atoms. The molecule has 4 atom stereocenters. The van der Waals surface area contributed by atoms with Gasteiger partial charge in [-0.3, -0.25) is 14.4 Å². The number of benzene rings is 1. The van der Waals surface area contributed by atoms with Crippen LogP contribution in [0.1, 0.15) is 52.0 Å². The molecular formula is C26H40N6O5. The Hall–Kier alpha value is -3.44. The molecule has 0 aliphatic rings. The molecule has 2 rings (SSSR count). The van der Waals surface area contributed by atoms with Crippen molar-refractivity contribution in [1.29, 1.82) is 0 Å². The molecule has 1 heterocycles. The number of carbonyl (C=O) groups excluding carboxylic acids is 3. The Morgan fingerprint density at radius 3 is 2.27 bits per heavy atom. The van der Waals surface area contributed by atoms with Gasteiger partial charge in [-0.15, -0.1) is 0 Å². The molecule has 1 aromatic carbocycles. The fourth-order valence-electron chi connectivity index (χ4n) is 4.05. The van der Waals surface area contributed by atoms with Gasteiger partial charge in [-0.05, 0) is 56.7 Å². The average Bonchev–Trinajstić information content (AvgIpc) is 3.25. The van der Waals surface area contributed by atoms with Crippen molar-refractivity contribution in [3.63, 3.8) is 0 Å². The van der Waals surface area contributed by atoms with E-state index in [1.807, 2.05) is 38.1 Å². The smallest absolute Gasteiger partial charge is 0.326 e. The number of nitrogens with one attached hydrogen (secondary N) is 4. The number of unbranched alkanes of at least 4 members (excludes halogenated alkanes) is 1. The van der Waals surface area contributed by atoms with Crippen LogP contribution in [0.3, 0.4) is 0 Å². The van der Waals surface area contributed by atoms with Crippen LogP contribution in [0.5, 0.6) is 0 Å². The fraction of sp³-hybridized carbons (Fsp3) is 0.538. The number of carboxylic acid groups (broad SMARTS) is 1. The van der Waals surface area contributed by atoms with Crippen molar-refractivity contribution in [2.24, 2.45) is 17.4 Å². The average molecular weight is 517 g/mol. The van der Waals surface area contributed by atoms with Gasteiger partial charge in [0, 0.05) is 23.5 Å². The van der Waals surface area contributed by atoms with Crippen molar-refractivity contribution in [2.75, 3.05) is 6.54 Å². The first-order valence-electron chi connectivity index (χ1n) is 12.7. The highest BCUT2D eigenvalue weighted by molar-refractivity contribution is 5.94. The molecule has 11 heteroatoms. The number of amides is 3. The summed E-state index contributed by atoms with van der Waals surface area (Å²) in [5.41, 5.74) is 13.1. The molecule has 204 valence electrons. The normalized spacial score (nSPS) is 14.5. The van der Waals surface area contributed by atoms with Crippen LogP contribution in [0.4, 0.5) is 0 Å². The maximum Gasteiger partial charge on any atom is 0.326 e. The second kappa shape index (κ2) is 14.3. The molecule has 2 aromatic rings. The molecule has 0 saturated carbocycles. The minimum absolute atomic E-state index is 0.115. The summed E-state index contributed by atoms with van der Waals surface area (Å²) in [6, 6.07) is 3.62. The zero-order chi connectivity index (χ0) is 27.5. The topological polar surface area (TPSA) is 192 Å². The Kier molecular flexibility index (Phi) is 11.5. The minimum atomic E-state index is -1.16. The number of carbonyl (C=O) groups is 4. The molecule has 4 unspecified atom stereocenters. The van der Waals surface area contributed by atoms with Gasteiger partial charge in [0.25, 0.3) is 0 Å². The number of para-hydroxylation sites is 1. The van der Waals surface area contributed by atoms with E-state index >= 15 is 0 Å². The third-order valence-corrected chi connectivity index (χ3v) is 6.11. The van der Waals surface area contributed by atoms with Gasteiger partial charge in [-0.1, -0.05) is 32.0 Å². The summed E-state index contributed by atoms with van der Waals surface area (Å²) in [4.78, 5) is 53.5. The lowest BCUT2D eigenvalue weighted by molar-refractivity contribution is -0.142. The van der Waals surface area contributed by atoms with Crippen molar-refractivity contribution in [1.82, 2.24) is 20.9 Å². The minimum Gasteiger partial charge on any atom is -0.480 e. The first kappa shape index (κ1) is 29.8. The first-order chi connectivity index (χ1) is 17.5. The van der Waals surface area contributed by atoms with Crippen LogP contribution in [-0.4, -0.2) is 64.5 Å². The molecule has 1 aromatic heterocycles. The number of hydrogen-bond donors (Lipinski definition) is 7. The van der Waals surface area contributed by atoms with E-state index in [4.69, 9.17) is 11.5 Å². The second-order valence-electron chi connectivity index (χ2n) is 9.77. The van der Waals surface area contributed by atoms with E-state index in [-0.39, 0.29) is 18.8 Å². The molecule has 9 N–H and O–H groups in total. The van der Waals surface area contributed by atoms with Gasteiger partial charge in [0.1, 0.15) is 18.1 Å². The van der Waals surface area contributed by atoms with Gasteiger partial charge in [0.15, 0.2) is 0 Å². The number of nitrogens with two attached hydrogens (primary N) is 2. The highest BCUT2D eigenvalue weighted by Crippen LogP contribution is 2.19. The van der Waals surface area contributed by atoms with Crippen molar-refractivity contribution in [3.05, 3.63) is 36.0 Å². The lowest BCUT2D eigenvalue weighted by Crippen LogP contribution is -2.57. The number of rotatable bonds is 15. The van der Waals surface area contributed by atoms with Crippen LogP contribution in [0.15, 0.2) is 30.5 Å². The fourth-order valence-corrected chi connectivity index (χ4v) is 4.05. The van der Waals surface area contributed by atoms with Gasteiger partial charge in [-0.25, -0.2) is 4.79 Å². The molecule has 3 amide bonds. The van der Waals surface area contributed by atoms with Crippen LogP contribution in [-0.2, 0) is 25.6 Å². The molecule has 37 heavy (non-hydrogen) atoms. The van der Waals surface area contributed by atoms with Crippen molar-refractivity contribution < 1.29 is 24.3 Å². The van der Waals surface area contributed by atoms with E-state index < -0.39 is 47.9 Å². The Bertz CT molecular complexity index is 1070. The molecule has 0 saturated heterocycles. The number of fused-ring (bicyclic) bond motifs is 1. The highest BCUT2D eigenvalue weighted by atomic mass is 16.4. The van der Waals surface area contributed by atoms with Crippen LogP contribution < -0.4 is 27.4 Å². The highest BCUT2D eigenvalue weighted by Gasteiger charge is 2.29. The predicted octanol–water partition coefficient (Wildman–Crippen LogP) is 0.772. The van der Waals surface area contributed by atoms with Gasteiger partial charge in [0.05, 0.1) is 6.04 Å². The lowest BCUT2D eigenvalue weighted by Gasteiger charge is -2.24. The molecular weight excluding hydrogens is 476 g/mol. The van der Waals surface area contributed by atoms with E-state index in [0.29, 0.717) is 25.8 Å². The van der Waals surface area contributed by atoms with E-state index in [1.165, 1.54) is 6.92 Å². The molecule has 11 nitrogen and oxygen atoms in total. The number of aliphatic carboxylic acids is 1. The summed E-state index contributed by atoms with van der Waals surface area (Å²) < 4.78 is 0. The van der Waals surface area contributed by atoms with Crippen molar-refractivity contribution >= 4 is 34.6 Å². The number of hydrogen-bond acceptors (Lipinski definition) is 6. The van der Waals surface area contributed by atoms with Gasteiger partial charge >= 0.3 is 5.97 Å². The number of H-pyrrole nitrogens is 1. The molecule has 0 radical (unpaired) electrons. The number of aromatic amines is 1. The van der Waals surface area contributed by atoms with Crippen LogP contribution in [0, 0.1) is 5.92 Å². The standard InChI is InChI=1S/C26H40N6O5/c1-15(2)12-19(28)24(34)30-16(3)23(33)32-22(13-17-14-29-20-9-5-4-8-18(17)20)25(35)31-21(26(36)37)10-6-7-11-27/h4-5,8-9,14-16,19,21-22,29H,6-7,10-13,27-28H2,1-3H3,(H,30,34)(H,31,35)(H,32,33)(H,36,37). The maximum atomic E-state index is 13.2. The van der Waals surface area contributed by atoms with Gasteiger partial charge in [0.2, 0.25) is 17.7 Å². The summed E-state index contributed by atoms with van der Waals surface area (Å²) in [6.45, 7) is 5.81. The van der Waals surface area contributed by atoms with Crippen LogP contribution >= 0.6 is 0 Å². The first-order valence-corrected chi connectivity index (χ1v) is 12.7. The predicted molar refractivity (Wildman–Crippen MR) is 141 cm³/mol. The summed E-state index contributed by atoms with van der Waals surface area (Å²) in [7, 11) is 0. The molecule has 0 aliphatic carbocycles. The SMILES string of the molecule is CC(C)CC(N)C(=O)NC(C)C(=O)NC(Cc1c[nH]c2ccccc12)C(=O)NC(CCCCN)C(=O)O. The van der Waals surface area contributed by atoms with E-state index in [0.717, 1.165) is 16.5 Å². The maximum absolute atomic E-state index is 13.2. The van der Waals surface area contributed by atoms with Crippen LogP contribution in [0.25, 0.3) is 10.9 Å². The Morgan fingerprint density at radius 2 is 1.62 bits per heavy atom. The summed E-state index contributed by atoms with van der Waals surface area (Å²) in [5.74, 6) is -2.63. The monoisotopic (exact) mass is 516 g/mol. The van der Waals surface area contributed by atoms with Gasteiger partial charge < -0.3 is 37.5 Å². The third kappa shape index (κ3) is 9.18. The van der Waals surface area contributed by atoms with Gasteiger partial charge in [-0.2, -0.15) is 0 Å². The third-order valence-electron chi connectivity index (χ3n) is 6.11. The van der Waals surface area contributed by atoms with Crippen molar-refractivity contribution in [3.8, 4) is 0 Å². The summed E-state index contributed by atoms with van der Waals surface area (Å²) in [5, 5.41) is 18.3. The molecule has 0 bridgehead atoms. The Balaban J connectivity index is 2.19. The lowest BCUT2D eigenvalue weighted by atomic mass is 10.0. The van der Waals surface area contributed by atoms with E-state index in [1.54, 1.807) is 6.20 Å². The zero-order valence-corrected chi connectivity index (χ0v) is 21.8. The Morgan fingerprint density at radius 1 is 0.946 bits per heavy atom. The van der Waals surface area contributed by atoms with E-state index in [9.17, 15) is 24.3 Å². The number of carboxylic acids is 1. The zero-order valence-electron chi connectivity index (χ0n) is 21.8. The summed E-state index contributed by atoms with van der Waals surface area (Å²) >= 11 is 0. The molecule has 0 fully saturated rings. The second-order valence-corrected chi connectivity index (χ2v) is 9.77. The largest absolute Gasteiger partial charge is 0.480 e. The number of aromatic nitrogens is 1. The van der Waals surface area contributed by atoms with E-state index in [2.05, 4.69) is 20.9 Å². The summed E-state index contributed by atoms with van der Waals surface area (Å²) in [6.07, 6.45) is 3.71. The van der Waals surface area contributed by atoms with Crippen molar-refractivity contribution in [2.45, 2.75) is 77.0 Å². The molecule has 0 aliphatic heterocycles.